The van der Waals surface area contributed by atoms with Crippen LogP contribution >= 0.6 is 0 Å². The van der Waals surface area contributed by atoms with Gasteiger partial charge in [0.15, 0.2) is 11.5 Å². The molecule has 0 bridgehead atoms. The molecule has 0 unspecified atom stereocenters. The van der Waals surface area contributed by atoms with Gasteiger partial charge in [0, 0.05) is 13.1 Å². The van der Waals surface area contributed by atoms with Gasteiger partial charge in [-0.25, -0.2) is 0 Å². The average Bonchev–Trinajstić information content (AvgIpc) is 2.29. The molecule has 0 aliphatic rings. The van der Waals surface area contributed by atoms with Crippen molar-refractivity contribution >= 4 is 0 Å². The molecule has 0 heterocycles. The quantitative estimate of drug-likeness (QED) is 0.758. The van der Waals surface area contributed by atoms with Crippen LogP contribution in [0, 0.1) is 0 Å². The van der Waals surface area contributed by atoms with Crippen LogP contribution in [0.2, 0.25) is 0 Å². The van der Waals surface area contributed by atoms with Crippen LogP contribution < -0.4 is 14.8 Å². The van der Waals surface area contributed by atoms with Gasteiger partial charge in [0.1, 0.15) is 0 Å². The van der Waals surface area contributed by atoms with E-state index < -0.39 is 0 Å². The Balaban J connectivity index is 2.64. The Kier molecular flexibility index (Phi) is 5.80. The van der Waals surface area contributed by atoms with Crippen LogP contribution in [0.3, 0.4) is 0 Å². The molecule has 96 valence electrons. The summed E-state index contributed by atoms with van der Waals surface area (Å²) < 4.78 is 10.7. The highest BCUT2D eigenvalue weighted by Crippen LogP contribution is 2.27. The van der Waals surface area contributed by atoms with Gasteiger partial charge < -0.3 is 19.9 Å². The Labute approximate surface area is 103 Å². The third-order valence-corrected chi connectivity index (χ3v) is 2.30. The largest absolute Gasteiger partial charge is 0.493 e. The topological polar surface area (TPSA) is 50.7 Å². The van der Waals surface area contributed by atoms with Crippen molar-refractivity contribution in [3.05, 3.63) is 23.8 Å². The van der Waals surface area contributed by atoms with E-state index in [9.17, 15) is 0 Å². The number of methoxy groups -OCH3 is 1. The normalized spacial score (nSPS) is 12.2. The number of rotatable bonds is 7. The molecule has 4 nitrogen and oxygen atoms in total. The first-order chi connectivity index (χ1) is 8.17. The van der Waals surface area contributed by atoms with E-state index in [0.29, 0.717) is 19.7 Å². The van der Waals surface area contributed by atoms with Gasteiger partial charge in [-0.15, -0.1) is 0 Å². The summed E-state index contributed by atoms with van der Waals surface area (Å²) in [7, 11) is 1.63. The molecular weight excluding hydrogens is 218 g/mol. The fourth-order valence-corrected chi connectivity index (χ4v) is 1.52. The first-order valence-corrected chi connectivity index (χ1v) is 5.85. The zero-order valence-corrected chi connectivity index (χ0v) is 10.7. The van der Waals surface area contributed by atoms with Gasteiger partial charge >= 0.3 is 0 Å². The maximum atomic E-state index is 9.14. The maximum absolute atomic E-state index is 9.14. The van der Waals surface area contributed by atoms with Crippen LogP contribution in [0.1, 0.15) is 19.4 Å². The second-order valence-corrected chi connectivity index (χ2v) is 3.90. The van der Waals surface area contributed by atoms with Gasteiger partial charge in [-0.05, 0) is 31.5 Å². The zero-order valence-electron chi connectivity index (χ0n) is 10.7. The number of aliphatic hydroxyl groups is 1. The lowest BCUT2D eigenvalue weighted by Crippen LogP contribution is -2.23. The van der Waals surface area contributed by atoms with E-state index in [-0.39, 0.29) is 6.10 Å². The third-order valence-electron chi connectivity index (χ3n) is 2.30. The molecular formula is C13H21NO3. The van der Waals surface area contributed by atoms with E-state index in [1.165, 1.54) is 0 Å². The number of ether oxygens (including phenoxy) is 2. The molecule has 0 amide bonds. The van der Waals surface area contributed by atoms with Crippen molar-refractivity contribution in [2.24, 2.45) is 0 Å². The van der Waals surface area contributed by atoms with Crippen molar-refractivity contribution in [1.82, 2.24) is 5.32 Å². The highest BCUT2D eigenvalue weighted by Gasteiger charge is 2.05. The third kappa shape index (κ3) is 4.63. The van der Waals surface area contributed by atoms with Crippen molar-refractivity contribution in [1.29, 1.82) is 0 Å². The molecule has 1 rings (SSSR count). The molecule has 2 N–H and O–H groups in total. The Morgan fingerprint density at radius 2 is 2.12 bits per heavy atom. The summed E-state index contributed by atoms with van der Waals surface area (Å²) >= 11 is 0. The predicted octanol–water partition coefficient (Wildman–Crippen LogP) is 1.56. The van der Waals surface area contributed by atoms with Gasteiger partial charge in [0.05, 0.1) is 19.8 Å². The highest BCUT2D eigenvalue weighted by molar-refractivity contribution is 5.42. The lowest BCUT2D eigenvalue weighted by Gasteiger charge is -2.12. The van der Waals surface area contributed by atoms with E-state index in [1.54, 1.807) is 14.0 Å². The summed E-state index contributed by atoms with van der Waals surface area (Å²) in [5.41, 5.74) is 1.11. The molecule has 0 saturated carbocycles. The van der Waals surface area contributed by atoms with Crippen LogP contribution in [-0.2, 0) is 6.54 Å². The summed E-state index contributed by atoms with van der Waals surface area (Å²) in [6, 6.07) is 5.83. The molecule has 0 aliphatic carbocycles. The number of benzene rings is 1. The van der Waals surface area contributed by atoms with Gasteiger partial charge in [-0.2, -0.15) is 0 Å². The minimum absolute atomic E-state index is 0.334. The average molecular weight is 239 g/mol. The first-order valence-electron chi connectivity index (χ1n) is 5.85. The van der Waals surface area contributed by atoms with Crippen molar-refractivity contribution in [2.75, 3.05) is 20.3 Å². The van der Waals surface area contributed by atoms with Gasteiger partial charge in [-0.3, -0.25) is 0 Å². The zero-order chi connectivity index (χ0) is 12.7. The Morgan fingerprint density at radius 3 is 2.71 bits per heavy atom. The monoisotopic (exact) mass is 239 g/mol. The molecule has 1 aromatic rings. The SMILES string of the molecule is CCOc1cc(CNC[C@@H](C)O)ccc1OC. The van der Waals surface area contributed by atoms with Crippen LogP contribution in [-0.4, -0.2) is 31.5 Å². The Hall–Kier alpha value is -1.26. The second-order valence-electron chi connectivity index (χ2n) is 3.90. The number of nitrogens with one attached hydrogen (secondary N) is 1. The van der Waals surface area contributed by atoms with Crippen molar-refractivity contribution in [3.63, 3.8) is 0 Å². The predicted molar refractivity (Wildman–Crippen MR) is 67.6 cm³/mol. The maximum Gasteiger partial charge on any atom is 0.161 e. The lowest BCUT2D eigenvalue weighted by molar-refractivity contribution is 0.191. The Bertz CT molecular complexity index is 339. The smallest absolute Gasteiger partial charge is 0.161 e. The van der Waals surface area contributed by atoms with Crippen molar-refractivity contribution in [2.45, 2.75) is 26.5 Å². The highest BCUT2D eigenvalue weighted by atomic mass is 16.5. The lowest BCUT2D eigenvalue weighted by atomic mass is 10.2. The molecule has 17 heavy (non-hydrogen) atoms. The number of hydrogen-bond donors (Lipinski definition) is 2. The summed E-state index contributed by atoms with van der Waals surface area (Å²) in [5, 5.41) is 12.3. The van der Waals surface area contributed by atoms with Gasteiger partial charge in [-0.1, -0.05) is 6.07 Å². The minimum atomic E-state index is -0.334. The number of hydrogen-bond acceptors (Lipinski definition) is 4. The van der Waals surface area contributed by atoms with Crippen molar-refractivity contribution < 1.29 is 14.6 Å². The Morgan fingerprint density at radius 1 is 1.35 bits per heavy atom. The molecule has 0 aromatic heterocycles. The molecule has 0 fully saturated rings. The standard InChI is InChI=1S/C13H21NO3/c1-4-17-13-7-11(5-6-12(13)16-3)9-14-8-10(2)15/h5-7,10,14-15H,4,8-9H2,1-3H3/t10-/m1/s1. The molecule has 0 spiro atoms. The van der Waals surface area contributed by atoms with E-state index in [0.717, 1.165) is 17.1 Å². The van der Waals surface area contributed by atoms with E-state index >= 15 is 0 Å². The van der Waals surface area contributed by atoms with Gasteiger partial charge in [0.2, 0.25) is 0 Å². The number of aliphatic hydroxyl groups excluding tert-OH is 1. The van der Waals surface area contributed by atoms with Crippen LogP contribution in [0.25, 0.3) is 0 Å². The minimum Gasteiger partial charge on any atom is -0.493 e. The van der Waals surface area contributed by atoms with E-state index in [1.807, 2.05) is 25.1 Å². The van der Waals surface area contributed by atoms with E-state index in [2.05, 4.69) is 5.32 Å². The van der Waals surface area contributed by atoms with Crippen LogP contribution in [0.15, 0.2) is 18.2 Å². The summed E-state index contributed by atoms with van der Waals surface area (Å²) in [6.45, 7) is 5.59. The fourth-order valence-electron chi connectivity index (χ4n) is 1.52. The van der Waals surface area contributed by atoms with Crippen LogP contribution in [0.5, 0.6) is 11.5 Å². The summed E-state index contributed by atoms with van der Waals surface area (Å²) in [5.74, 6) is 1.50. The molecule has 4 heteroatoms. The van der Waals surface area contributed by atoms with Crippen LogP contribution in [0.4, 0.5) is 0 Å². The second kappa shape index (κ2) is 7.14. The molecule has 1 aromatic carbocycles. The van der Waals surface area contributed by atoms with Crippen molar-refractivity contribution in [3.8, 4) is 11.5 Å². The van der Waals surface area contributed by atoms with Gasteiger partial charge in [0.25, 0.3) is 0 Å². The van der Waals surface area contributed by atoms with E-state index in [4.69, 9.17) is 14.6 Å². The molecule has 0 aliphatic heterocycles. The molecule has 0 saturated heterocycles. The summed E-state index contributed by atoms with van der Waals surface area (Å²) in [6.07, 6.45) is -0.334. The molecule has 1 atom stereocenters. The summed E-state index contributed by atoms with van der Waals surface area (Å²) in [4.78, 5) is 0. The first kappa shape index (κ1) is 13.8. The fraction of sp³-hybridized carbons (Fsp3) is 0.538. The molecule has 0 radical (unpaired) electrons.